The molecule has 1 aliphatic heterocycles. The average Bonchev–Trinajstić information content (AvgIpc) is 2.93. The fraction of sp³-hybridized carbons (Fsp3) is 0.538. The number of nitriles is 1. The molecule has 1 aromatic rings. The van der Waals surface area contributed by atoms with Gasteiger partial charge in [0, 0.05) is 13.1 Å². The first kappa shape index (κ1) is 13.7. The summed E-state index contributed by atoms with van der Waals surface area (Å²) in [4.78, 5) is 14.5. The van der Waals surface area contributed by atoms with Gasteiger partial charge in [-0.05, 0) is 19.3 Å². The summed E-state index contributed by atoms with van der Waals surface area (Å²) in [6, 6.07) is 2.05. The molecular weight excluding hydrogens is 262 g/mol. The number of nitrogens with two attached hydrogens (primary N) is 1. The fourth-order valence-corrected chi connectivity index (χ4v) is 3.30. The Morgan fingerprint density at radius 3 is 2.95 bits per heavy atom. The molecule has 1 saturated heterocycles. The summed E-state index contributed by atoms with van der Waals surface area (Å²) in [6.07, 6.45) is 1.09. The van der Waals surface area contributed by atoms with Crippen LogP contribution in [0.15, 0.2) is 0 Å². The smallest absolute Gasteiger partial charge is 0.343 e. The number of nitrogens with zero attached hydrogens (tertiary/aromatic N) is 2. The lowest BCUT2D eigenvalue weighted by molar-refractivity contribution is 0.0529. The second kappa shape index (κ2) is 5.49. The van der Waals surface area contributed by atoms with Gasteiger partial charge in [-0.15, -0.1) is 11.3 Å². The summed E-state index contributed by atoms with van der Waals surface area (Å²) in [5.74, 6) is 0.149. The van der Waals surface area contributed by atoms with E-state index in [0.717, 1.165) is 24.5 Å². The summed E-state index contributed by atoms with van der Waals surface area (Å²) in [6.45, 7) is 6.00. The first-order chi connectivity index (χ1) is 9.08. The predicted octanol–water partition coefficient (Wildman–Crippen LogP) is 2.22. The van der Waals surface area contributed by atoms with E-state index in [1.807, 2.05) is 6.07 Å². The van der Waals surface area contributed by atoms with E-state index in [1.165, 1.54) is 11.3 Å². The van der Waals surface area contributed by atoms with Crippen molar-refractivity contribution in [2.75, 3.05) is 30.3 Å². The zero-order valence-electron chi connectivity index (χ0n) is 11.1. The van der Waals surface area contributed by atoms with Gasteiger partial charge in [-0.2, -0.15) is 5.26 Å². The molecule has 2 N–H and O–H groups in total. The topological polar surface area (TPSA) is 79.3 Å². The molecule has 1 aromatic heterocycles. The number of thiophene rings is 1. The normalized spacial score (nSPS) is 18.4. The fourth-order valence-electron chi connectivity index (χ4n) is 2.26. The molecule has 1 unspecified atom stereocenters. The lowest BCUT2D eigenvalue weighted by Gasteiger charge is -2.17. The molecule has 0 aliphatic carbocycles. The van der Waals surface area contributed by atoms with E-state index in [1.54, 1.807) is 6.92 Å². The van der Waals surface area contributed by atoms with Crippen LogP contribution in [-0.2, 0) is 4.74 Å². The molecule has 0 spiro atoms. The van der Waals surface area contributed by atoms with Crippen LogP contribution in [0.25, 0.3) is 0 Å². The maximum absolute atomic E-state index is 12.0. The Hall–Kier alpha value is -1.74. The van der Waals surface area contributed by atoms with Crippen molar-refractivity contribution in [3.8, 4) is 6.07 Å². The van der Waals surface area contributed by atoms with E-state index in [-0.39, 0.29) is 5.69 Å². The zero-order valence-corrected chi connectivity index (χ0v) is 11.9. The van der Waals surface area contributed by atoms with Gasteiger partial charge < -0.3 is 15.4 Å². The average molecular weight is 279 g/mol. The van der Waals surface area contributed by atoms with Gasteiger partial charge >= 0.3 is 5.97 Å². The highest BCUT2D eigenvalue weighted by molar-refractivity contribution is 7.17. The number of ether oxygens (including phenoxy) is 1. The van der Waals surface area contributed by atoms with E-state index < -0.39 is 5.97 Å². The Morgan fingerprint density at radius 2 is 2.42 bits per heavy atom. The number of rotatable bonds is 3. The van der Waals surface area contributed by atoms with E-state index in [4.69, 9.17) is 15.7 Å². The Kier molecular flexibility index (Phi) is 3.96. The highest BCUT2D eigenvalue weighted by atomic mass is 32.1. The van der Waals surface area contributed by atoms with E-state index in [9.17, 15) is 4.79 Å². The summed E-state index contributed by atoms with van der Waals surface area (Å²) in [7, 11) is 0. The van der Waals surface area contributed by atoms with Crippen LogP contribution >= 0.6 is 11.3 Å². The summed E-state index contributed by atoms with van der Waals surface area (Å²) in [5.41, 5.74) is 6.52. The Balaban J connectivity index is 2.42. The third-order valence-electron chi connectivity index (χ3n) is 3.22. The van der Waals surface area contributed by atoms with Gasteiger partial charge in [-0.25, -0.2) is 4.79 Å². The van der Waals surface area contributed by atoms with Crippen LogP contribution in [0.5, 0.6) is 0 Å². The van der Waals surface area contributed by atoms with Crippen LogP contribution in [0.1, 0.15) is 35.5 Å². The third kappa shape index (κ3) is 2.51. The zero-order chi connectivity index (χ0) is 14.0. The molecule has 0 amide bonds. The molecule has 0 bridgehead atoms. The summed E-state index contributed by atoms with van der Waals surface area (Å²) < 4.78 is 5.05. The van der Waals surface area contributed by atoms with Crippen LogP contribution in [0.3, 0.4) is 0 Å². The highest BCUT2D eigenvalue weighted by Gasteiger charge is 2.29. The number of anilines is 2. The monoisotopic (exact) mass is 279 g/mol. The maximum atomic E-state index is 12.0. The SMILES string of the molecule is CCOC(=O)c1c(N2CCC(C)C2)sc(C#N)c1N. The number of carbonyl (C=O) groups is 1. The number of hydrogen-bond donors (Lipinski definition) is 1. The number of hydrogen-bond acceptors (Lipinski definition) is 6. The molecule has 2 rings (SSSR count). The minimum Gasteiger partial charge on any atom is -0.462 e. The number of esters is 1. The summed E-state index contributed by atoms with van der Waals surface area (Å²) >= 11 is 1.28. The number of nitrogen functional groups attached to an aromatic ring is 1. The molecule has 0 saturated carbocycles. The van der Waals surface area contributed by atoms with E-state index in [2.05, 4.69) is 11.8 Å². The van der Waals surface area contributed by atoms with Crippen molar-refractivity contribution in [3.05, 3.63) is 10.4 Å². The van der Waals surface area contributed by atoms with E-state index in [0.29, 0.717) is 23.0 Å². The molecule has 1 atom stereocenters. The number of carbonyl (C=O) groups excluding carboxylic acids is 1. The molecule has 0 radical (unpaired) electrons. The van der Waals surface area contributed by atoms with E-state index >= 15 is 0 Å². The molecule has 1 fully saturated rings. The van der Waals surface area contributed by atoms with Gasteiger partial charge in [0.05, 0.1) is 12.3 Å². The van der Waals surface area contributed by atoms with Crippen molar-refractivity contribution in [2.45, 2.75) is 20.3 Å². The van der Waals surface area contributed by atoms with Crippen molar-refractivity contribution < 1.29 is 9.53 Å². The Bertz CT molecular complexity index is 533. The minimum atomic E-state index is -0.438. The molecule has 5 nitrogen and oxygen atoms in total. The molecule has 6 heteroatoms. The van der Waals surface area contributed by atoms with Crippen molar-refractivity contribution in [2.24, 2.45) is 5.92 Å². The standard InChI is InChI=1S/C13H17N3O2S/c1-3-18-13(17)10-11(15)9(6-14)19-12(10)16-5-4-8(2)7-16/h8H,3-5,7,15H2,1-2H3. The minimum absolute atomic E-state index is 0.250. The van der Waals surface area contributed by atoms with Gasteiger partial charge in [0.25, 0.3) is 0 Å². The molecule has 2 heterocycles. The lowest BCUT2D eigenvalue weighted by Crippen LogP contribution is -2.21. The Labute approximate surface area is 116 Å². The van der Waals surface area contributed by atoms with Gasteiger partial charge in [0.2, 0.25) is 0 Å². The lowest BCUT2D eigenvalue weighted by atomic mass is 10.2. The van der Waals surface area contributed by atoms with Gasteiger partial charge in [-0.3, -0.25) is 0 Å². The second-order valence-electron chi connectivity index (χ2n) is 4.70. The molecule has 102 valence electrons. The Morgan fingerprint density at radius 1 is 1.68 bits per heavy atom. The predicted molar refractivity (Wildman–Crippen MR) is 75.4 cm³/mol. The molecular formula is C13H17N3O2S. The third-order valence-corrected chi connectivity index (χ3v) is 4.39. The maximum Gasteiger partial charge on any atom is 0.343 e. The van der Waals surface area contributed by atoms with Gasteiger partial charge in [0.1, 0.15) is 21.5 Å². The van der Waals surface area contributed by atoms with Gasteiger partial charge in [-0.1, -0.05) is 6.92 Å². The highest BCUT2D eigenvalue weighted by Crippen LogP contribution is 2.40. The second-order valence-corrected chi connectivity index (χ2v) is 5.70. The van der Waals surface area contributed by atoms with Crippen LogP contribution in [0, 0.1) is 17.2 Å². The molecule has 0 aromatic carbocycles. The van der Waals surface area contributed by atoms with Crippen LogP contribution in [0.2, 0.25) is 0 Å². The molecule has 19 heavy (non-hydrogen) atoms. The van der Waals surface area contributed by atoms with Crippen LogP contribution in [-0.4, -0.2) is 25.7 Å². The first-order valence-electron chi connectivity index (χ1n) is 6.32. The van der Waals surface area contributed by atoms with Crippen molar-refractivity contribution >= 4 is 28.0 Å². The summed E-state index contributed by atoms with van der Waals surface area (Å²) in [5, 5.41) is 9.85. The van der Waals surface area contributed by atoms with Crippen molar-refractivity contribution in [1.82, 2.24) is 0 Å². The molecule has 1 aliphatic rings. The van der Waals surface area contributed by atoms with Gasteiger partial charge in [0.15, 0.2) is 0 Å². The van der Waals surface area contributed by atoms with Crippen molar-refractivity contribution in [3.63, 3.8) is 0 Å². The largest absolute Gasteiger partial charge is 0.462 e. The first-order valence-corrected chi connectivity index (χ1v) is 7.14. The van der Waals surface area contributed by atoms with Crippen LogP contribution < -0.4 is 10.6 Å². The van der Waals surface area contributed by atoms with Crippen molar-refractivity contribution in [1.29, 1.82) is 5.26 Å². The quantitative estimate of drug-likeness (QED) is 0.858. The van der Waals surface area contributed by atoms with Crippen LogP contribution in [0.4, 0.5) is 10.7 Å².